The fourth-order valence-electron chi connectivity index (χ4n) is 5.34. The third kappa shape index (κ3) is 5.88. The summed E-state index contributed by atoms with van der Waals surface area (Å²) in [7, 11) is 0. The summed E-state index contributed by atoms with van der Waals surface area (Å²) in [6.07, 6.45) is -2.23. The van der Waals surface area contributed by atoms with E-state index in [4.69, 9.17) is 4.52 Å². The maximum absolute atomic E-state index is 13.9. The van der Waals surface area contributed by atoms with E-state index in [1.165, 1.54) is 10.8 Å². The molecule has 2 aliphatic rings. The Morgan fingerprint density at radius 3 is 2.69 bits per heavy atom. The van der Waals surface area contributed by atoms with Crippen molar-refractivity contribution in [2.45, 2.75) is 63.6 Å². The Hall–Kier alpha value is -3.58. The zero-order valence-corrected chi connectivity index (χ0v) is 21.0. The molecule has 3 atom stereocenters. The van der Waals surface area contributed by atoms with E-state index in [2.05, 4.69) is 25.9 Å². The van der Waals surface area contributed by atoms with Crippen LogP contribution in [0.25, 0.3) is 5.65 Å². The Balaban J connectivity index is 1.39. The second kappa shape index (κ2) is 10.2. The van der Waals surface area contributed by atoms with Crippen LogP contribution in [0.5, 0.6) is 0 Å². The van der Waals surface area contributed by atoms with Gasteiger partial charge in [0.2, 0.25) is 11.8 Å². The molecule has 0 bridgehead atoms. The van der Waals surface area contributed by atoms with Crippen molar-refractivity contribution in [3.8, 4) is 0 Å². The lowest BCUT2D eigenvalue weighted by atomic mass is 9.81. The van der Waals surface area contributed by atoms with Crippen LogP contribution in [0.4, 0.5) is 22.0 Å². The number of rotatable bonds is 6. The van der Waals surface area contributed by atoms with Crippen LogP contribution in [-0.2, 0) is 11.2 Å². The van der Waals surface area contributed by atoms with Gasteiger partial charge in [-0.05, 0) is 44.2 Å². The number of alkyl halides is 5. The molecule has 2 unspecified atom stereocenters. The number of hydrogen-bond acceptors (Lipinski definition) is 6. The molecule has 0 spiro atoms. The van der Waals surface area contributed by atoms with Gasteiger partial charge in [-0.15, -0.1) is 0 Å². The maximum atomic E-state index is 13.9. The summed E-state index contributed by atoms with van der Waals surface area (Å²) in [6, 6.07) is 2.50. The Morgan fingerprint density at radius 2 is 2.03 bits per heavy atom. The van der Waals surface area contributed by atoms with Gasteiger partial charge in [0.25, 0.3) is 5.91 Å². The standard InChI is InChI=1S/C25H27F5N6O3/c1-13-18(12-39-35-13)23(38)33-21(14-4-6-24(26,27)7-5-14)19-11-36-20(32-19)3-2-17(34-36)9-15-8-16(25(28,29)30)10-31-22(15)37/h2-3,11-12,14-16,21H,4-10H2,1H3,(H,31,37)(H,33,38)/t15?,16-,21?/m1/s1. The zero-order valence-electron chi connectivity index (χ0n) is 21.0. The number of carbonyl (C=O) groups is 2. The SMILES string of the molecule is Cc1nocc1C(=O)NC(c1cn2nc(CC3C[C@@H](C(F)(F)F)CNC3=O)ccc2n1)C1CCC(F)(F)CC1. The van der Waals surface area contributed by atoms with Gasteiger partial charge in [0.05, 0.1) is 35.2 Å². The number of halogens is 5. The molecule has 3 aromatic rings. The highest BCUT2D eigenvalue weighted by molar-refractivity contribution is 5.95. The summed E-state index contributed by atoms with van der Waals surface area (Å²) in [6.45, 7) is 1.17. The van der Waals surface area contributed by atoms with E-state index in [-0.39, 0.29) is 50.0 Å². The van der Waals surface area contributed by atoms with Crippen LogP contribution in [-0.4, -0.2) is 50.2 Å². The minimum atomic E-state index is -4.41. The van der Waals surface area contributed by atoms with E-state index in [0.29, 0.717) is 22.7 Å². The van der Waals surface area contributed by atoms with Gasteiger partial charge < -0.3 is 15.2 Å². The number of aryl methyl sites for hydroxylation is 1. The van der Waals surface area contributed by atoms with Crippen molar-refractivity contribution in [3.63, 3.8) is 0 Å². The number of aromatic nitrogens is 4. The molecule has 2 fully saturated rings. The Bertz CT molecular complexity index is 1360. The van der Waals surface area contributed by atoms with Crippen LogP contribution in [0.3, 0.4) is 0 Å². The van der Waals surface area contributed by atoms with E-state index in [1.807, 2.05) is 0 Å². The summed E-state index contributed by atoms with van der Waals surface area (Å²) < 4.78 is 73.6. The second-order valence-electron chi connectivity index (χ2n) is 10.4. The topological polar surface area (TPSA) is 114 Å². The molecule has 4 heterocycles. The van der Waals surface area contributed by atoms with Crippen molar-refractivity contribution in [3.05, 3.63) is 47.2 Å². The van der Waals surface area contributed by atoms with Gasteiger partial charge in [0.15, 0.2) is 5.65 Å². The molecule has 1 saturated heterocycles. The maximum Gasteiger partial charge on any atom is 0.393 e. The molecule has 210 valence electrons. The van der Waals surface area contributed by atoms with Crippen LogP contribution in [0.2, 0.25) is 0 Å². The van der Waals surface area contributed by atoms with Crippen molar-refractivity contribution < 1.29 is 36.1 Å². The van der Waals surface area contributed by atoms with Gasteiger partial charge in [-0.25, -0.2) is 18.3 Å². The second-order valence-corrected chi connectivity index (χ2v) is 10.4. The number of amides is 2. The molecule has 3 aromatic heterocycles. The Labute approximate surface area is 219 Å². The molecule has 14 heteroatoms. The normalized spacial score (nSPS) is 23.0. The Morgan fingerprint density at radius 1 is 1.28 bits per heavy atom. The lowest BCUT2D eigenvalue weighted by Crippen LogP contribution is -2.47. The highest BCUT2D eigenvalue weighted by atomic mass is 19.4. The fourth-order valence-corrected chi connectivity index (χ4v) is 5.34. The summed E-state index contributed by atoms with van der Waals surface area (Å²) >= 11 is 0. The predicted octanol–water partition coefficient (Wildman–Crippen LogP) is 4.18. The van der Waals surface area contributed by atoms with Crippen LogP contribution < -0.4 is 10.6 Å². The molecule has 9 nitrogen and oxygen atoms in total. The first kappa shape index (κ1) is 27.0. The van der Waals surface area contributed by atoms with Crippen molar-refractivity contribution >= 4 is 17.5 Å². The molecule has 0 radical (unpaired) electrons. The molecule has 1 saturated carbocycles. The van der Waals surface area contributed by atoms with Crippen molar-refractivity contribution in [2.24, 2.45) is 17.8 Å². The molecule has 2 amide bonds. The van der Waals surface area contributed by atoms with Crippen molar-refractivity contribution in [2.75, 3.05) is 6.54 Å². The molecule has 1 aliphatic carbocycles. The number of hydrogen-bond donors (Lipinski definition) is 2. The highest BCUT2D eigenvalue weighted by Gasteiger charge is 2.45. The third-order valence-corrected chi connectivity index (χ3v) is 7.61. The summed E-state index contributed by atoms with van der Waals surface area (Å²) in [5.41, 5.74) is 1.80. The van der Waals surface area contributed by atoms with E-state index in [9.17, 15) is 31.5 Å². The highest BCUT2D eigenvalue weighted by Crippen LogP contribution is 2.41. The molecule has 5 rings (SSSR count). The quantitative estimate of drug-likeness (QED) is 0.442. The third-order valence-electron chi connectivity index (χ3n) is 7.61. The van der Waals surface area contributed by atoms with Crippen molar-refractivity contribution in [1.29, 1.82) is 0 Å². The lowest BCUT2D eigenvalue weighted by molar-refractivity contribution is -0.183. The van der Waals surface area contributed by atoms with Crippen LogP contribution in [0, 0.1) is 24.7 Å². The van der Waals surface area contributed by atoms with E-state index < -0.39 is 48.3 Å². The summed E-state index contributed by atoms with van der Waals surface area (Å²) in [5.74, 6) is -6.52. The summed E-state index contributed by atoms with van der Waals surface area (Å²) in [4.78, 5) is 29.8. The van der Waals surface area contributed by atoms with Gasteiger partial charge in [0, 0.05) is 31.7 Å². The molecule has 2 N–H and O–H groups in total. The molecule has 1 aliphatic heterocycles. The first-order valence-corrected chi connectivity index (χ1v) is 12.7. The number of imidazole rings is 1. The molecule has 39 heavy (non-hydrogen) atoms. The number of nitrogens with one attached hydrogen (secondary N) is 2. The van der Waals surface area contributed by atoms with Crippen LogP contribution >= 0.6 is 0 Å². The van der Waals surface area contributed by atoms with E-state index >= 15 is 0 Å². The van der Waals surface area contributed by atoms with Gasteiger partial charge in [-0.1, -0.05) is 5.16 Å². The molecule has 0 aromatic carbocycles. The monoisotopic (exact) mass is 554 g/mol. The minimum absolute atomic E-state index is 0.00645. The Kier molecular flexibility index (Phi) is 7.06. The minimum Gasteiger partial charge on any atom is -0.364 e. The van der Waals surface area contributed by atoms with Gasteiger partial charge in [-0.2, -0.15) is 18.3 Å². The van der Waals surface area contributed by atoms with Gasteiger partial charge >= 0.3 is 6.18 Å². The predicted molar refractivity (Wildman–Crippen MR) is 126 cm³/mol. The first-order chi connectivity index (χ1) is 18.4. The number of carbonyl (C=O) groups excluding carboxylic acids is 2. The lowest BCUT2D eigenvalue weighted by Gasteiger charge is -2.33. The van der Waals surface area contributed by atoms with Crippen molar-refractivity contribution in [1.82, 2.24) is 30.4 Å². The van der Waals surface area contributed by atoms with Gasteiger partial charge in [-0.3, -0.25) is 9.59 Å². The first-order valence-electron chi connectivity index (χ1n) is 12.7. The number of nitrogens with zero attached hydrogens (tertiary/aromatic N) is 4. The van der Waals surface area contributed by atoms with Crippen LogP contribution in [0.15, 0.2) is 29.1 Å². The largest absolute Gasteiger partial charge is 0.393 e. The average molecular weight is 555 g/mol. The van der Waals surface area contributed by atoms with E-state index in [1.54, 1.807) is 25.3 Å². The van der Waals surface area contributed by atoms with Gasteiger partial charge in [0.1, 0.15) is 11.8 Å². The molecular weight excluding hydrogens is 527 g/mol. The number of piperidine rings is 1. The smallest absolute Gasteiger partial charge is 0.364 e. The fraction of sp³-hybridized carbons (Fsp3) is 0.560. The van der Waals surface area contributed by atoms with Crippen LogP contribution in [0.1, 0.15) is 65.6 Å². The zero-order chi connectivity index (χ0) is 27.9. The average Bonchev–Trinajstić information content (AvgIpc) is 3.49. The molecular formula is C25H27F5N6O3. The number of fused-ring (bicyclic) bond motifs is 1. The van der Waals surface area contributed by atoms with E-state index in [0.717, 1.165) is 0 Å². The summed E-state index contributed by atoms with van der Waals surface area (Å²) in [5, 5.41) is 13.4.